The van der Waals surface area contributed by atoms with Crippen molar-refractivity contribution in [2.45, 2.75) is 32.6 Å². The predicted molar refractivity (Wildman–Crippen MR) is 77.1 cm³/mol. The summed E-state index contributed by atoms with van der Waals surface area (Å²) in [4.78, 5) is 26.1. The number of morpholine rings is 1. The van der Waals surface area contributed by atoms with E-state index >= 15 is 0 Å². The van der Waals surface area contributed by atoms with E-state index in [1.165, 1.54) is 4.57 Å². The number of carbonyl (C=O) groups excluding carboxylic acids is 1. The number of nitrogens with zero attached hydrogens (tertiary/aromatic N) is 2. The average molecular weight is 290 g/mol. The number of rotatable bonds is 2. The van der Waals surface area contributed by atoms with Crippen LogP contribution < -0.4 is 5.76 Å². The Morgan fingerprint density at radius 3 is 2.62 bits per heavy atom. The minimum absolute atomic E-state index is 0.00468. The van der Waals surface area contributed by atoms with Gasteiger partial charge in [-0.25, -0.2) is 4.79 Å². The van der Waals surface area contributed by atoms with Crippen LogP contribution in [-0.4, -0.2) is 40.7 Å². The lowest BCUT2D eigenvalue weighted by Crippen LogP contribution is -2.49. The lowest BCUT2D eigenvalue weighted by Gasteiger charge is -2.35. The highest BCUT2D eigenvalue weighted by atomic mass is 16.5. The quantitative estimate of drug-likeness (QED) is 0.834. The van der Waals surface area contributed by atoms with Crippen molar-refractivity contribution in [3.05, 3.63) is 34.8 Å². The van der Waals surface area contributed by atoms with Gasteiger partial charge in [0, 0.05) is 13.1 Å². The molecule has 0 unspecified atom stereocenters. The maximum Gasteiger partial charge on any atom is 0.420 e. The molecule has 21 heavy (non-hydrogen) atoms. The summed E-state index contributed by atoms with van der Waals surface area (Å²) < 4.78 is 12.1. The van der Waals surface area contributed by atoms with Gasteiger partial charge in [-0.3, -0.25) is 9.36 Å². The molecule has 1 fully saturated rings. The molecule has 0 saturated carbocycles. The van der Waals surface area contributed by atoms with Gasteiger partial charge in [-0.05, 0) is 26.0 Å². The molecule has 0 radical (unpaired) electrons. The predicted octanol–water partition coefficient (Wildman–Crippen LogP) is 1.23. The van der Waals surface area contributed by atoms with E-state index < -0.39 is 5.76 Å². The van der Waals surface area contributed by atoms with Crippen LogP contribution in [0.3, 0.4) is 0 Å². The summed E-state index contributed by atoms with van der Waals surface area (Å²) in [6.07, 6.45) is 0.0195. The van der Waals surface area contributed by atoms with Crippen molar-refractivity contribution in [2.75, 3.05) is 13.1 Å². The lowest BCUT2D eigenvalue weighted by molar-refractivity contribution is -0.143. The first-order valence-electron chi connectivity index (χ1n) is 7.06. The fourth-order valence-electron chi connectivity index (χ4n) is 2.78. The Kier molecular flexibility index (Phi) is 3.55. The van der Waals surface area contributed by atoms with E-state index in [2.05, 4.69) is 0 Å². The highest BCUT2D eigenvalue weighted by molar-refractivity contribution is 5.79. The number of para-hydroxylation sites is 2. The zero-order valence-corrected chi connectivity index (χ0v) is 12.1. The smallest absolute Gasteiger partial charge is 0.408 e. The van der Waals surface area contributed by atoms with Gasteiger partial charge in [-0.2, -0.15) is 0 Å². The van der Waals surface area contributed by atoms with Crippen LogP contribution in [0.2, 0.25) is 0 Å². The van der Waals surface area contributed by atoms with Gasteiger partial charge in [0.2, 0.25) is 5.91 Å². The number of ether oxygens (including phenoxy) is 1. The van der Waals surface area contributed by atoms with E-state index in [-0.39, 0.29) is 24.7 Å². The largest absolute Gasteiger partial charge is 0.420 e. The van der Waals surface area contributed by atoms with Crippen molar-refractivity contribution in [1.29, 1.82) is 0 Å². The third-order valence-electron chi connectivity index (χ3n) is 3.64. The number of amides is 1. The molecular formula is C15H18N2O4. The minimum Gasteiger partial charge on any atom is -0.408 e. The van der Waals surface area contributed by atoms with E-state index in [1.54, 1.807) is 23.1 Å². The van der Waals surface area contributed by atoms with Gasteiger partial charge in [0.05, 0.1) is 17.7 Å². The standard InChI is InChI=1S/C15H18N2O4/c1-10-7-16(8-11(2)20-10)14(18)9-17-12-5-3-4-6-13(12)21-15(17)19/h3-6,10-11H,7-9H2,1-2H3/t10-,11-/m1/s1. The summed E-state index contributed by atoms with van der Waals surface area (Å²) in [7, 11) is 0. The molecule has 1 aromatic carbocycles. The van der Waals surface area contributed by atoms with Crippen LogP contribution in [-0.2, 0) is 16.1 Å². The van der Waals surface area contributed by atoms with Crippen molar-refractivity contribution in [3.63, 3.8) is 0 Å². The summed E-state index contributed by atoms with van der Waals surface area (Å²) in [5.41, 5.74) is 1.14. The van der Waals surface area contributed by atoms with Gasteiger partial charge in [0.25, 0.3) is 0 Å². The molecule has 0 spiro atoms. The van der Waals surface area contributed by atoms with Crippen LogP contribution >= 0.6 is 0 Å². The fourth-order valence-corrected chi connectivity index (χ4v) is 2.78. The monoisotopic (exact) mass is 290 g/mol. The molecule has 2 aromatic rings. The Hall–Kier alpha value is -2.08. The fraction of sp³-hybridized carbons (Fsp3) is 0.467. The maximum absolute atomic E-state index is 12.4. The summed E-state index contributed by atoms with van der Waals surface area (Å²) in [5.74, 6) is -0.593. The van der Waals surface area contributed by atoms with Gasteiger partial charge >= 0.3 is 5.76 Å². The molecule has 1 aliphatic heterocycles. The molecular weight excluding hydrogens is 272 g/mol. The van der Waals surface area contributed by atoms with Gasteiger partial charge in [0.15, 0.2) is 5.58 Å². The van der Waals surface area contributed by atoms with Crippen molar-refractivity contribution in [1.82, 2.24) is 9.47 Å². The minimum atomic E-state index is -0.501. The van der Waals surface area contributed by atoms with Crippen molar-refractivity contribution < 1.29 is 13.9 Å². The summed E-state index contributed by atoms with van der Waals surface area (Å²) in [5, 5.41) is 0. The van der Waals surface area contributed by atoms with E-state index in [4.69, 9.17) is 9.15 Å². The highest BCUT2D eigenvalue weighted by Crippen LogP contribution is 2.14. The molecule has 0 aliphatic carbocycles. The molecule has 2 atom stereocenters. The van der Waals surface area contributed by atoms with Crippen LogP contribution in [0.15, 0.2) is 33.5 Å². The SMILES string of the molecule is C[C@@H]1CN(C(=O)Cn2c(=O)oc3ccccc32)C[C@@H](C)O1. The van der Waals surface area contributed by atoms with E-state index in [0.29, 0.717) is 24.2 Å². The van der Waals surface area contributed by atoms with Crippen molar-refractivity contribution in [2.24, 2.45) is 0 Å². The second-order valence-electron chi connectivity index (χ2n) is 5.48. The van der Waals surface area contributed by atoms with Crippen molar-refractivity contribution >= 4 is 17.0 Å². The second-order valence-corrected chi connectivity index (χ2v) is 5.48. The average Bonchev–Trinajstić information content (AvgIpc) is 2.74. The third kappa shape index (κ3) is 2.71. The zero-order valence-electron chi connectivity index (χ0n) is 12.1. The van der Waals surface area contributed by atoms with Crippen molar-refractivity contribution in [3.8, 4) is 0 Å². The Labute approximate surface area is 121 Å². The Bertz CT molecular complexity index is 708. The Morgan fingerprint density at radius 1 is 1.24 bits per heavy atom. The lowest BCUT2D eigenvalue weighted by atomic mass is 10.2. The first-order chi connectivity index (χ1) is 10.0. The number of hydrogen-bond donors (Lipinski definition) is 0. The molecule has 6 nitrogen and oxygen atoms in total. The number of carbonyl (C=O) groups is 1. The molecule has 0 N–H and O–H groups in total. The topological polar surface area (TPSA) is 64.7 Å². The molecule has 1 aliphatic rings. The van der Waals surface area contributed by atoms with Crippen LogP contribution in [0.25, 0.3) is 11.1 Å². The third-order valence-corrected chi connectivity index (χ3v) is 3.64. The first kappa shape index (κ1) is 13.9. The maximum atomic E-state index is 12.4. The number of fused-ring (bicyclic) bond motifs is 1. The molecule has 0 bridgehead atoms. The summed E-state index contributed by atoms with van der Waals surface area (Å²) in [6.45, 7) is 4.97. The van der Waals surface area contributed by atoms with Gasteiger partial charge < -0.3 is 14.1 Å². The van der Waals surface area contributed by atoms with Crippen LogP contribution in [0.5, 0.6) is 0 Å². The molecule has 1 amide bonds. The normalized spacial score (nSPS) is 22.7. The van der Waals surface area contributed by atoms with Crippen LogP contribution in [0.1, 0.15) is 13.8 Å². The van der Waals surface area contributed by atoms with E-state index in [0.717, 1.165) is 0 Å². The molecule has 2 heterocycles. The molecule has 112 valence electrons. The second kappa shape index (κ2) is 5.37. The van der Waals surface area contributed by atoms with Gasteiger partial charge in [0.1, 0.15) is 6.54 Å². The van der Waals surface area contributed by atoms with Gasteiger partial charge in [-0.15, -0.1) is 0 Å². The van der Waals surface area contributed by atoms with Crippen LogP contribution in [0.4, 0.5) is 0 Å². The molecule has 3 rings (SSSR count). The molecule has 1 saturated heterocycles. The number of aromatic nitrogens is 1. The summed E-state index contributed by atoms with van der Waals surface area (Å²) >= 11 is 0. The number of oxazole rings is 1. The zero-order chi connectivity index (χ0) is 15.0. The van der Waals surface area contributed by atoms with E-state index in [9.17, 15) is 9.59 Å². The number of hydrogen-bond acceptors (Lipinski definition) is 4. The summed E-state index contributed by atoms with van der Waals surface area (Å²) in [6, 6.07) is 7.11. The van der Waals surface area contributed by atoms with Gasteiger partial charge in [-0.1, -0.05) is 12.1 Å². The van der Waals surface area contributed by atoms with Crippen LogP contribution in [0, 0.1) is 0 Å². The first-order valence-corrected chi connectivity index (χ1v) is 7.06. The number of benzene rings is 1. The molecule has 1 aromatic heterocycles. The Morgan fingerprint density at radius 2 is 1.90 bits per heavy atom. The highest BCUT2D eigenvalue weighted by Gasteiger charge is 2.26. The Balaban J connectivity index is 1.83. The van der Waals surface area contributed by atoms with E-state index in [1.807, 2.05) is 19.9 Å². The molecule has 6 heteroatoms.